The van der Waals surface area contributed by atoms with Crippen LogP contribution in [0.25, 0.3) is 0 Å². The second-order valence-corrected chi connectivity index (χ2v) is 8.99. The van der Waals surface area contributed by atoms with Gasteiger partial charge in [0.25, 0.3) is 0 Å². The zero-order valence-electron chi connectivity index (χ0n) is 18.4. The lowest BCUT2D eigenvalue weighted by molar-refractivity contribution is -0.134. The number of hydrogen-bond donors (Lipinski definition) is 3. The second-order valence-electron chi connectivity index (χ2n) is 8.99. The molecule has 3 N–H and O–H groups in total. The van der Waals surface area contributed by atoms with E-state index in [1.165, 1.54) is 12.8 Å². The van der Waals surface area contributed by atoms with Crippen LogP contribution in [0.15, 0.2) is 12.5 Å². The maximum absolute atomic E-state index is 12.7. The summed E-state index contributed by atoms with van der Waals surface area (Å²) in [7, 11) is 0. The molecule has 29 heavy (non-hydrogen) atoms. The van der Waals surface area contributed by atoms with E-state index in [0.29, 0.717) is 12.2 Å². The lowest BCUT2D eigenvalue weighted by Gasteiger charge is -2.31. The Labute approximate surface area is 174 Å². The predicted molar refractivity (Wildman–Crippen MR) is 114 cm³/mol. The molecule has 0 saturated carbocycles. The number of nitrogens with one attached hydrogen (secondary N) is 2. The molecule has 0 spiro atoms. The molecule has 2 unspecified atom stereocenters. The molecule has 8 heteroatoms. The summed E-state index contributed by atoms with van der Waals surface area (Å²) in [5, 5.41) is 15.4. The summed E-state index contributed by atoms with van der Waals surface area (Å²) in [4.78, 5) is 31.6. The molecule has 2 heterocycles. The number of imidazole rings is 1. The van der Waals surface area contributed by atoms with Crippen LogP contribution < -0.4 is 10.6 Å². The number of hydrogen-bond acceptors (Lipinski definition) is 5. The topological polar surface area (TPSA) is 99.5 Å². The van der Waals surface area contributed by atoms with Gasteiger partial charge in [0.1, 0.15) is 12.1 Å². The maximum atomic E-state index is 12.7. The van der Waals surface area contributed by atoms with Gasteiger partial charge < -0.3 is 25.2 Å². The molecule has 0 radical (unpaired) electrons. The lowest BCUT2D eigenvalue weighted by atomic mass is 10.1. The van der Waals surface area contributed by atoms with Crippen molar-refractivity contribution in [3.63, 3.8) is 0 Å². The van der Waals surface area contributed by atoms with Gasteiger partial charge in [0.05, 0.1) is 11.9 Å². The van der Waals surface area contributed by atoms with E-state index in [9.17, 15) is 14.7 Å². The Morgan fingerprint density at radius 3 is 2.48 bits per heavy atom. The summed E-state index contributed by atoms with van der Waals surface area (Å²) in [5.41, 5.74) is -0.140. The van der Waals surface area contributed by atoms with Crippen LogP contribution in [0.1, 0.15) is 60.3 Å². The van der Waals surface area contributed by atoms with Crippen molar-refractivity contribution in [1.82, 2.24) is 19.8 Å². The van der Waals surface area contributed by atoms with Gasteiger partial charge in [-0.3, -0.25) is 9.59 Å². The van der Waals surface area contributed by atoms with Crippen LogP contribution in [0.4, 0.5) is 5.82 Å². The van der Waals surface area contributed by atoms with Crippen molar-refractivity contribution in [3.8, 4) is 0 Å². The Kier molecular flexibility index (Phi) is 8.22. The Morgan fingerprint density at radius 2 is 1.90 bits per heavy atom. The van der Waals surface area contributed by atoms with Crippen molar-refractivity contribution in [2.45, 2.75) is 78.0 Å². The number of anilines is 1. The minimum atomic E-state index is -1.13. The molecule has 2 amide bonds. The average molecular weight is 408 g/mol. The minimum Gasteiger partial charge on any atom is -0.383 e. The van der Waals surface area contributed by atoms with E-state index in [1.54, 1.807) is 20.2 Å². The van der Waals surface area contributed by atoms with E-state index >= 15 is 0 Å². The highest BCUT2D eigenvalue weighted by Gasteiger charge is 2.28. The quantitative estimate of drug-likeness (QED) is 0.551. The SMILES string of the molecule is CCCC(NC(=O)C(O)C(C)C)C(=O)Nc1cn(C(C)(C)CN2CCCC2)cn1. The predicted octanol–water partition coefficient (Wildman–Crippen LogP) is 1.95. The molecule has 1 aliphatic rings. The van der Waals surface area contributed by atoms with Gasteiger partial charge in [-0.2, -0.15) is 0 Å². The largest absolute Gasteiger partial charge is 0.383 e. The Balaban J connectivity index is 1.99. The summed E-state index contributed by atoms with van der Waals surface area (Å²) in [6, 6.07) is -0.705. The molecule has 164 valence electrons. The Hall–Kier alpha value is -1.93. The highest BCUT2D eigenvalue weighted by Crippen LogP contribution is 2.21. The number of aromatic nitrogens is 2. The van der Waals surface area contributed by atoms with Gasteiger partial charge in [0.2, 0.25) is 11.8 Å². The molecular weight excluding hydrogens is 370 g/mol. The van der Waals surface area contributed by atoms with E-state index in [4.69, 9.17) is 0 Å². The number of nitrogens with zero attached hydrogens (tertiary/aromatic N) is 3. The molecule has 8 nitrogen and oxygen atoms in total. The van der Waals surface area contributed by atoms with Crippen LogP contribution >= 0.6 is 0 Å². The van der Waals surface area contributed by atoms with Crippen LogP contribution in [0.2, 0.25) is 0 Å². The highest BCUT2D eigenvalue weighted by molar-refractivity contribution is 5.97. The van der Waals surface area contributed by atoms with Crippen molar-refractivity contribution in [2.75, 3.05) is 25.0 Å². The summed E-state index contributed by atoms with van der Waals surface area (Å²) < 4.78 is 2.02. The molecule has 2 rings (SSSR count). The first-order chi connectivity index (χ1) is 13.6. The zero-order valence-corrected chi connectivity index (χ0v) is 18.4. The van der Waals surface area contributed by atoms with E-state index in [2.05, 4.69) is 34.4 Å². The third-order valence-corrected chi connectivity index (χ3v) is 5.45. The fourth-order valence-corrected chi connectivity index (χ4v) is 3.62. The van der Waals surface area contributed by atoms with E-state index in [1.807, 2.05) is 17.7 Å². The van der Waals surface area contributed by atoms with Crippen molar-refractivity contribution in [1.29, 1.82) is 0 Å². The molecule has 0 aliphatic carbocycles. The van der Waals surface area contributed by atoms with Gasteiger partial charge in [-0.1, -0.05) is 27.2 Å². The van der Waals surface area contributed by atoms with Crippen LogP contribution in [-0.4, -0.2) is 63.2 Å². The summed E-state index contributed by atoms with van der Waals surface area (Å²) in [6.45, 7) is 13.0. The summed E-state index contributed by atoms with van der Waals surface area (Å²) in [5.74, 6) is -0.595. The second kappa shape index (κ2) is 10.2. The van der Waals surface area contributed by atoms with Crippen molar-refractivity contribution >= 4 is 17.6 Å². The third kappa shape index (κ3) is 6.54. The molecule has 1 fully saturated rings. The summed E-state index contributed by atoms with van der Waals surface area (Å²) in [6.07, 6.45) is 6.16. The number of amides is 2. The monoisotopic (exact) mass is 407 g/mol. The molecule has 2 atom stereocenters. The van der Waals surface area contributed by atoms with E-state index < -0.39 is 18.1 Å². The third-order valence-electron chi connectivity index (χ3n) is 5.45. The van der Waals surface area contributed by atoms with Crippen molar-refractivity contribution in [3.05, 3.63) is 12.5 Å². The molecular formula is C21H37N5O3. The highest BCUT2D eigenvalue weighted by atomic mass is 16.3. The van der Waals surface area contributed by atoms with Crippen molar-refractivity contribution in [2.24, 2.45) is 5.92 Å². The lowest BCUT2D eigenvalue weighted by Crippen LogP contribution is -2.48. The van der Waals surface area contributed by atoms with Gasteiger partial charge in [-0.15, -0.1) is 0 Å². The number of rotatable bonds is 10. The normalized spacial score (nSPS) is 17.3. The first-order valence-corrected chi connectivity index (χ1v) is 10.7. The standard InChI is InChI=1S/C21H37N5O3/c1-6-9-16(23-20(29)18(27)15(2)3)19(28)24-17-12-26(14-22-17)21(4,5)13-25-10-7-8-11-25/h12,14-16,18,27H,6-11,13H2,1-5H3,(H,23,29)(H,24,28). The van der Waals surface area contributed by atoms with Gasteiger partial charge in [-0.25, -0.2) is 4.98 Å². The number of likely N-dealkylation sites (tertiary alicyclic amines) is 1. The Morgan fingerprint density at radius 1 is 1.24 bits per heavy atom. The molecule has 1 aliphatic heterocycles. The van der Waals surface area contributed by atoms with Gasteiger partial charge in [0, 0.05) is 12.7 Å². The summed E-state index contributed by atoms with van der Waals surface area (Å²) >= 11 is 0. The van der Waals surface area contributed by atoms with Crippen LogP contribution in [0.5, 0.6) is 0 Å². The van der Waals surface area contributed by atoms with Crippen LogP contribution in [0, 0.1) is 5.92 Å². The maximum Gasteiger partial charge on any atom is 0.249 e. The first kappa shape index (κ1) is 23.3. The molecule has 0 aromatic carbocycles. The van der Waals surface area contributed by atoms with E-state index in [-0.39, 0.29) is 17.4 Å². The number of carbonyl (C=O) groups is 2. The number of carbonyl (C=O) groups excluding carboxylic acids is 2. The van der Waals surface area contributed by atoms with E-state index in [0.717, 1.165) is 26.1 Å². The fourth-order valence-electron chi connectivity index (χ4n) is 3.62. The molecule has 1 aromatic rings. The Bertz CT molecular complexity index is 680. The van der Waals surface area contributed by atoms with Gasteiger partial charge in [0.15, 0.2) is 5.82 Å². The smallest absolute Gasteiger partial charge is 0.249 e. The first-order valence-electron chi connectivity index (χ1n) is 10.7. The van der Waals surface area contributed by atoms with Gasteiger partial charge >= 0.3 is 0 Å². The minimum absolute atomic E-state index is 0.140. The van der Waals surface area contributed by atoms with Crippen LogP contribution in [0.3, 0.4) is 0 Å². The number of aliphatic hydroxyl groups excluding tert-OH is 1. The van der Waals surface area contributed by atoms with Crippen molar-refractivity contribution < 1.29 is 14.7 Å². The molecule has 0 bridgehead atoms. The number of aliphatic hydroxyl groups is 1. The zero-order chi connectivity index (χ0) is 21.6. The van der Waals surface area contributed by atoms with Gasteiger partial charge in [-0.05, 0) is 52.1 Å². The average Bonchev–Trinajstić information content (AvgIpc) is 3.32. The molecule has 1 saturated heterocycles. The van der Waals surface area contributed by atoms with Crippen LogP contribution in [-0.2, 0) is 15.1 Å². The molecule has 1 aromatic heterocycles. The fraction of sp³-hybridized carbons (Fsp3) is 0.762.